The fraction of sp³-hybridized carbons (Fsp3) is 0.625. The smallest absolute Gasteiger partial charge is 0.408 e. The molecule has 1 heterocycles. The Balaban J connectivity index is 2.57. The molecule has 0 saturated carbocycles. The first-order valence-corrected chi connectivity index (χ1v) is 4.48. The normalized spacial score (nSPS) is 20.9. The number of nitrogens with one attached hydrogen (secondary N) is 2. The first kappa shape index (κ1) is 10.6. The summed E-state index contributed by atoms with van der Waals surface area (Å²) in [5, 5.41) is 14.7. The fourth-order valence-corrected chi connectivity index (χ4v) is 1.41. The Morgan fingerprint density at radius 3 is 3.07 bits per heavy atom. The molecule has 0 radical (unpaired) electrons. The minimum Gasteiger partial charge on any atom is -0.465 e. The van der Waals surface area contributed by atoms with E-state index in [1.165, 1.54) is 4.90 Å². The molecular formula is C8H16N4O2. The highest BCUT2D eigenvalue weighted by atomic mass is 16.4. The second-order valence-corrected chi connectivity index (χ2v) is 3.19. The van der Waals surface area contributed by atoms with Crippen molar-refractivity contribution in [3.8, 4) is 0 Å². The van der Waals surface area contributed by atoms with Crippen LogP contribution in [0, 0.1) is 0 Å². The molecule has 0 spiro atoms. The van der Waals surface area contributed by atoms with Gasteiger partial charge in [0.2, 0.25) is 0 Å². The maximum Gasteiger partial charge on any atom is 0.408 e. The maximum absolute atomic E-state index is 10.9. The zero-order valence-electron chi connectivity index (χ0n) is 8.16. The number of amides is 1. The molecule has 0 aromatic carbocycles. The van der Waals surface area contributed by atoms with E-state index >= 15 is 0 Å². The number of rotatable bonds is 3. The number of hydrogen-bond acceptors (Lipinski definition) is 4. The Labute approximate surface area is 82.8 Å². The predicted molar refractivity (Wildman–Crippen MR) is 52.5 cm³/mol. The van der Waals surface area contributed by atoms with Crippen molar-refractivity contribution in [3.63, 3.8) is 0 Å². The van der Waals surface area contributed by atoms with Crippen LogP contribution in [0.4, 0.5) is 4.79 Å². The maximum atomic E-state index is 10.9. The summed E-state index contributed by atoms with van der Waals surface area (Å²) < 4.78 is 0. The molecule has 6 nitrogen and oxygen atoms in total. The molecule has 14 heavy (non-hydrogen) atoms. The average molecular weight is 200 g/mol. The average Bonchev–Trinajstić information content (AvgIpc) is 2.15. The monoisotopic (exact) mass is 200 g/mol. The number of carbonyl (C=O) groups is 1. The number of hydrogen-bond donors (Lipinski definition) is 4. The van der Waals surface area contributed by atoms with Crippen LogP contribution in [0.1, 0.15) is 6.42 Å². The van der Waals surface area contributed by atoms with E-state index in [-0.39, 0.29) is 6.04 Å². The van der Waals surface area contributed by atoms with Crippen LogP contribution in [0.25, 0.3) is 0 Å². The Morgan fingerprint density at radius 1 is 1.93 bits per heavy atom. The van der Waals surface area contributed by atoms with Gasteiger partial charge in [0.05, 0.1) is 18.5 Å². The molecule has 0 fully saturated rings. The standard InChI is InChI=1S/C8H16N4O2/c1-10-5-12(8(13)14)6-2-3-7(9)11-4-6/h3,6,10-11H,2,4-5,9H2,1H3,(H,13,14). The van der Waals surface area contributed by atoms with E-state index in [9.17, 15) is 4.79 Å². The predicted octanol–water partition coefficient (Wildman–Crippen LogP) is -0.695. The Morgan fingerprint density at radius 2 is 2.64 bits per heavy atom. The third-order valence-corrected chi connectivity index (χ3v) is 2.17. The van der Waals surface area contributed by atoms with Crippen molar-refractivity contribution in [2.75, 3.05) is 20.3 Å². The molecule has 5 N–H and O–H groups in total. The van der Waals surface area contributed by atoms with E-state index in [0.29, 0.717) is 25.5 Å². The summed E-state index contributed by atoms with van der Waals surface area (Å²) >= 11 is 0. The van der Waals surface area contributed by atoms with Crippen molar-refractivity contribution < 1.29 is 9.90 Å². The summed E-state index contributed by atoms with van der Waals surface area (Å²) in [7, 11) is 1.72. The number of carboxylic acid groups (broad SMARTS) is 1. The van der Waals surface area contributed by atoms with Crippen LogP contribution < -0.4 is 16.4 Å². The van der Waals surface area contributed by atoms with Crippen LogP contribution in [0.15, 0.2) is 11.9 Å². The van der Waals surface area contributed by atoms with E-state index in [1.807, 2.05) is 0 Å². The van der Waals surface area contributed by atoms with Crippen LogP contribution in [-0.2, 0) is 0 Å². The first-order chi connectivity index (χ1) is 6.65. The van der Waals surface area contributed by atoms with Crippen molar-refractivity contribution in [3.05, 3.63) is 11.9 Å². The van der Waals surface area contributed by atoms with Crippen LogP contribution in [-0.4, -0.2) is 42.4 Å². The molecule has 0 aromatic heterocycles. The highest BCUT2D eigenvalue weighted by molar-refractivity contribution is 5.65. The molecular weight excluding hydrogens is 184 g/mol. The van der Waals surface area contributed by atoms with Gasteiger partial charge >= 0.3 is 6.09 Å². The largest absolute Gasteiger partial charge is 0.465 e. The molecule has 1 amide bonds. The summed E-state index contributed by atoms with van der Waals surface area (Å²) in [5.74, 6) is 0.621. The molecule has 1 rings (SSSR count). The van der Waals surface area contributed by atoms with Crippen molar-refractivity contribution in [1.82, 2.24) is 15.5 Å². The molecule has 0 aromatic rings. The quantitative estimate of drug-likeness (QED) is 0.452. The van der Waals surface area contributed by atoms with Gasteiger partial charge in [0.1, 0.15) is 0 Å². The topological polar surface area (TPSA) is 90.6 Å². The summed E-state index contributed by atoms with van der Waals surface area (Å²) in [5.41, 5.74) is 5.52. The lowest BCUT2D eigenvalue weighted by atomic mass is 10.1. The third-order valence-electron chi connectivity index (χ3n) is 2.17. The first-order valence-electron chi connectivity index (χ1n) is 4.48. The van der Waals surface area contributed by atoms with E-state index in [1.54, 1.807) is 13.1 Å². The van der Waals surface area contributed by atoms with Gasteiger partial charge in [-0.05, 0) is 19.5 Å². The van der Waals surface area contributed by atoms with Gasteiger partial charge in [-0.25, -0.2) is 4.79 Å². The Bertz CT molecular complexity index is 241. The van der Waals surface area contributed by atoms with E-state index in [0.717, 1.165) is 0 Å². The van der Waals surface area contributed by atoms with E-state index in [2.05, 4.69) is 10.6 Å². The van der Waals surface area contributed by atoms with Crippen LogP contribution in [0.2, 0.25) is 0 Å². The highest BCUT2D eigenvalue weighted by Gasteiger charge is 2.23. The van der Waals surface area contributed by atoms with Crippen molar-refractivity contribution in [1.29, 1.82) is 0 Å². The minimum absolute atomic E-state index is 0.0488. The summed E-state index contributed by atoms with van der Waals surface area (Å²) in [4.78, 5) is 12.2. The Kier molecular flexibility index (Phi) is 3.58. The number of nitrogens with zero attached hydrogens (tertiary/aromatic N) is 1. The van der Waals surface area contributed by atoms with Crippen LogP contribution in [0.5, 0.6) is 0 Å². The van der Waals surface area contributed by atoms with Gasteiger partial charge in [-0.3, -0.25) is 4.90 Å². The van der Waals surface area contributed by atoms with Crippen LogP contribution in [0.3, 0.4) is 0 Å². The Hall–Kier alpha value is -1.43. The number of nitrogens with two attached hydrogens (primary N) is 1. The molecule has 1 aliphatic heterocycles. The van der Waals surface area contributed by atoms with Crippen molar-refractivity contribution >= 4 is 6.09 Å². The molecule has 80 valence electrons. The summed E-state index contributed by atoms with van der Waals surface area (Å²) in [6.07, 6.45) is 1.55. The van der Waals surface area contributed by atoms with Gasteiger partial charge in [-0.1, -0.05) is 0 Å². The molecule has 1 aliphatic rings. The second kappa shape index (κ2) is 4.71. The minimum atomic E-state index is -0.917. The summed E-state index contributed by atoms with van der Waals surface area (Å²) in [6.45, 7) is 0.895. The van der Waals surface area contributed by atoms with Gasteiger partial charge in [0, 0.05) is 6.54 Å². The van der Waals surface area contributed by atoms with Crippen molar-refractivity contribution in [2.45, 2.75) is 12.5 Å². The molecule has 1 atom stereocenters. The van der Waals surface area contributed by atoms with Gasteiger partial charge in [0.25, 0.3) is 0 Å². The zero-order chi connectivity index (χ0) is 10.6. The zero-order valence-corrected chi connectivity index (χ0v) is 8.16. The van der Waals surface area contributed by atoms with E-state index < -0.39 is 6.09 Å². The van der Waals surface area contributed by atoms with Gasteiger partial charge in [-0.2, -0.15) is 0 Å². The second-order valence-electron chi connectivity index (χ2n) is 3.19. The molecule has 0 bridgehead atoms. The van der Waals surface area contributed by atoms with E-state index in [4.69, 9.17) is 10.8 Å². The summed E-state index contributed by atoms with van der Waals surface area (Å²) in [6, 6.07) is -0.0488. The highest BCUT2D eigenvalue weighted by Crippen LogP contribution is 2.08. The molecule has 0 aliphatic carbocycles. The molecule has 0 saturated heterocycles. The van der Waals surface area contributed by atoms with Gasteiger partial charge in [0.15, 0.2) is 0 Å². The molecule has 1 unspecified atom stereocenters. The van der Waals surface area contributed by atoms with Crippen LogP contribution >= 0.6 is 0 Å². The van der Waals surface area contributed by atoms with Gasteiger partial charge < -0.3 is 21.5 Å². The lowest BCUT2D eigenvalue weighted by Crippen LogP contribution is -2.50. The SMILES string of the molecule is CNCN(C(=O)O)C1CC=C(N)NC1. The van der Waals surface area contributed by atoms with Gasteiger partial charge in [-0.15, -0.1) is 0 Å². The lowest BCUT2D eigenvalue weighted by molar-refractivity contribution is 0.119. The molecule has 6 heteroatoms. The fourth-order valence-electron chi connectivity index (χ4n) is 1.41. The third kappa shape index (κ3) is 2.53. The lowest BCUT2D eigenvalue weighted by Gasteiger charge is -2.31. The van der Waals surface area contributed by atoms with Crippen molar-refractivity contribution in [2.24, 2.45) is 5.73 Å².